The molecule has 0 amide bonds. The highest BCUT2D eigenvalue weighted by atomic mass is 19.1. The van der Waals surface area contributed by atoms with Crippen molar-refractivity contribution in [2.24, 2.45) is 13.0 Å². The Morgan fingerprint density at radius 1 is 1.20 bits per heavy atom. The van der Waals surface area contributed by atoms with Crippen LogP contribution in [0.5, 0.6) is 0 Å². The van der Waals surface area contributed by atoms with Gasteiger partial charge in [-0.25, -0.2) is 19.6 Å². The number of aryl methyl sites for hydroxylation is 1. The molecule has 0 N–H and O–H groups in total. The van der Waals surface area contributed by atoms with Crippen molar-refractivity contribution < 1.29 is 18.8 Å². The number of carbonyl (C=O) groups excluding carboxylic acids is 1. The van der Waals surface area contributed by atoms with Gasteiger partial charge in [0.2, 0.25) is 11.8 Å². The van der Waals surface area contributed by atoms with Crippen molar-refractivity contribution in [3.05, 3.63) is 89.5 Å². The summed E-state index contributed by atoms with van der Waals surface area (Å²) in [5.41, 5.74) is 5.67. The summed E-state index contributed by atoms with van der Waals surface area (Å²) in [5.74, 6) is -0.509. The van der Waals surface area contributed by atoms with Gasteiger partial charge in [0, 0.05) is 64.0 Å². The molecule has 0 bridgehead atoms. The van der Waals surface area contributed by atoms with E-state index in [1.165, 1.54) is 12.3 Å². The van der Waals surface area contributed by atoms with Crippen LogP contribution in [-0.2, 0) is 27.8 Å². The maximum Gasteiger partial charge on any atom is 0.214 e. The third-order valence-electron chi connectivity index (χ3n) is 7.93. The van der Waals surface area contributed by atoms with Gasteiger partial charge in [-0.3, -0.25) is 9.63 Å². The Morgan fingerprint density at radius 2 is 2.02 bits per heavy atom. The second-order valence-electron chi connectivity index (χ2n) is 10.8. The molecule has 224 valence electrons. The number of imidazole rings is 1. The summed E-state index contributed by atoms with van der Waals surface area (Å²) < 4.78 is 22.7. The quantitative estimate of drug-likeness (QED) is 0.218. The number of para-hydroxylation sites is 1. The fraction of sp³-hybridized carbons (Fsp3) is 0.312. The Kier molecular flexibility index (Phi) is 8.25. The van der Waals surface area contributed by atoms with Crippen LogP contribution in [0.4, 0.5) is 4.39 Å². The Balaban J connectivity index is 1.31. The van der Waals surface area contributed by atoms with Crippen molar-refractivity contribution in [1.82, 2.24) is 34.4 Å². The number of ketones is 1. The number of hydrogen-bond donors (Lipinski definition) is 0. The van der Waals surface area contributed by atoms with E-state index in [4.69, 9.17) is 14.7 Å². The van der Waals surface area contributed by atoms with E-state index in [-0.39, 0.29) is 30.4 Å². The van der Waals surface area contributed by atoms with Gasteiger partial charge < -0.3 is 9.30 Å². The molecule has 1 aliphatic rings. The number of fused-ring (bicyclic) bond motifs is 1. The Bertz CT molecular complexity index is 1860. The van der Waals surface area contributed by atoms with Crippen LogP contribution in [0.25, 0.3) is 28.1 Å². The lowest BCUT2D eigenvalue weighted by atomic mass is 9.91. The molecule has 0 spiro atoms. The number of aromatic nitrogens is 6. The van der Waals surface area contributed by atoms with Crippen LogP contribution in [0.3, 0.4) is 0 Å². The molecule has 1 aromatic carbocycles. The first-order chi connectivity index (χ1) is 21.4. The van der Waals surface area contributed by atoms with Gasteiger partial charge in [-0.2, -0.15) is 19.8 Å². The van der Waals surface area contributed by atoms with Crippen molar-refractivity contribution in [2.45, 2.75) is 25.9 Å². The summed E-state index contributed by atoms with van der Waals surface area (Å²) in [6, 6.07) is 16.7. The SMILES string of the molecule is COCCN1C[C@@H](CC(=O)Cc2c(C)c(-c3cnc4c(c3)nc(C#N)n4C)nn2-c2ccccc2)[C@H](c2ccnc(F)c2)O1. The first kappa shape index (κ1) is 29.3. The summed E-state index contributed by atoms with van der Waals surface area (Å²) in [7, 11) is 3.37. The largest absolute Gasteiger partial charge is 0.383 e. The van der Waals surface area contributed by atoms with Gasteiger partial charge >= 0.3 is 0 Å². The average Bonchev–Trinajstić information content (AvgIpc) is 3.69. The zero-order valence-electron chi connectivity index (χ0n) is 24.6. The predicted octanol–water partition coefficient (Wildman–Crippen LogP) is 4.29. The van der Waals surface area contributed by atoms with E-state index in [0.29, 0.717) is 42.1 Å². The fourth-order valence-corrected chi connectivity index (χ4v) is 5.74. The fourth-order valence-electron chi connectivity index (χ4n) is 5.74. The number of hydroxylamine groups is 2. The van der Waals surface area contributed by atoms with Crippen molar-refractivity contribution >= 4 is 16.9 Å². The first-order valence-corrected chi connectivity index (χ1v) is 14.3. The van der Waals surface area contributed by atoms with Crippen LogP contribution in [0.2, 0.25) is 0 Å². The number of carbonyl (C=O) groups is 1. The Morgan fingerprint density at radius 3 is 2.77 bits per heavy atom. The molecule has 44 heavy (non-hydrogen) atoms. The molecule has 6 rings (SSSR count). The minimum Gasteiger partial charge on any atom is -0.383 e. The molecule has 4 aromatic heterocycles. The van der Waals surface area contributed by atoms with Crippen molar-refractivity contribution in [3.63, 3.8) is 0 Å². The molecule has 11 nitrogen and oxygen atoms in total. The van der Waals surface area contributed by atoms with Crippen LogP contribution in [-0.4, -0.2) is 67.0 Å². The lowest BCUT2D eigenvalue weighted by molar-refractivity contribution is -0.155. The zero-order chi connectivity index (χ0) is 30.8. The monoisotopic (exact) mass is 594 g/mol. The highest BCUT2D eigenvalue weighted by Crippen LogP contribution is 2.37. The summed E-state index contributed by atoms with van der Waals surface area (Å²) in [5, 5.41) is 16.1. The summed E-state index contributed by atoms with van der Waals surface area (Å²) in [6.45, 7) is 3.44. The van der Waals surface area contributed by atoms with Gasteiger partial charge in [-0.05, 0) is 48.4 Å². The van der Waals surface area contributed by atoms with E-state index in [1.807, 2.05) is 43.3 Å². The van der Waals surface area contributed by atoms with Gasteiger partial charge in [0.05, 0.1) is 23.7 Å². The van der Waals surface area contributed by atoms with Gasteiger partial charge in [-0.15, -0.1) is 0 Å². The standard InChI is InChI=1S/C32H31FN8O3/c1-20-27(16-25(42)13-23-19-40(11-12-43-3)44-31(23)21-9-10-35-28(33)15-21)41(24-7-5-4-6-8-24)38-30(20)22-14-26-32(36-18-22)39(2)29(17-34)37-26/h4-10,14-15,18,23,31H,11-13,16,19H2,1-3H3/t23-,31+/m1/s1. The van der Waals surface area contributed by atoms with Crippen molar-refractivity contribution in [2.75, 3.05) is 26.8 Å². The van der Waals surface area contributed by atoms with Crippen LogP contribution in [0.1, 0.15) is 35.2 Å². The maximum atomic E-state index is 14.0. The van der Waals surface area contributed by atoms with E-state index in [0.717, 1.165) is 22.5 Å². The smallest absolute Gasteiger partial charge is 0.214 e. The van der Waals surface area contributed by atoms with E-state index in [1.54, 1.807) is 40.7 Å². The molecular formula is C32H31FN8O3. The van der Waals surface area contributed by atoms with Crippen molar-refractivity contribution in [1.29, 1.82) is 5.26 Å². The van der Waals surface area contributed by atoms with Crippen molar-refractivity contribution in [3.8, 4) is 23.0 Å². The lowest BCUT2D eigenvalue weighted by Gasteiger charge is -2.17. The zero-order valence-corrected chi connectivity index (χ0v) is 24.6. The Hall–Kier alpha value is -4.83. The van der Waals surface area contributed by atoms with Gasteiger partial charge in [-0.1, -0.05) is 18.2 Å². The topological polar surface area (TPSA) is 124 Å². The molecule has 0 unspecified atom stereocenters. The number of rotatable bonds is 10. The van der Waals surface area contributed by atoms with Crippen LogP contribution < -0.4 is 0 Å². The number of hydrogen-bond acceptors (Lipinski definition) is 9. The van der Waals surface area contributed by atoms with Gasteiger partial charge in [0.15, 0.2) is 5.65 Å². The van der Waals surface area contributed by atoms with Crippen LogP contribution >= 0.6 is 0 Å². The van der Waals surface area contributed by atoms with E-state index < -0.39 is 12.1 Å². The second-order valence-corrected chi connectivity index (χ2v) is 10.8. The van der Waals surface area contributed by atoms with E-state index >= 15 is 0 Å². The number of pyridine rings is 2. The number of Topliss-reactive ketones (excluding diaryl/α,β-unsaturated/α-hetero) is 1. The van der Waals surface area contributed by atoms with Gasteiger partial charge in [0.25, 0.3) is 0 Å². The molecule has 1 fully saturated rings. The van der Waals surface area contributed by atoms with Crippen LogP contribution in [0, 0.1) is 30.1 Å². The molecule has 2 atom stereocenters. The number of ether oxygens (including phenoxy) is 1. The molecule has 0 saturated carbocycles. The van der Waals surface area contributed by atoms with E-state index in [9.17, 15) is 14.4 Å². The normalized spacial score (nSPS) is 16.9. The number of nitriles is 1. The highest BCUT2D eigenvalue weighted by molar-refractivity contribution is 5.83. The summed E-state index contributed by atoms with van der Waals surface area (Å²) >= 11 is 0. The number of benzene rings is 1. The molecule has 0 radical (unpaired) electrons. The molecule has 0 aliphatic carbocycles. The number of methoxy groups -OCH3 is 1. The highest BCUT2D eigenvalue weighted by Gasteiger charge is 2.37. The molecule has 1 aliphatic heterocycles. The average molecular weight is 595 g/mol. The molecule has 5 heterocycles. The third kappa shape index (κ3) is 5.72. The van der Waals surface area contributed by atoms with Crippen LogP contribution in [0.15, 0.2) is 60.9 Å². The summed E-state index contributed by atoms with van der Waals surface area (Å²) in [6.07, 6.45) is 3.00. The predicted molar refractivity (Wildman–Crippen MR) is 159 cm³/mol. The number of halogens is 1. The number of nitrogens with zero attached hydrogens (tertiary/aromatic N) is 8. The minimum atomic E-state index is -0.594. The lowest BCUT2D eigenvalue weighted by Crippen LogP contribution is -2.24. The summed E-state index contributed by atoms with van der Waals surface area (Å²) in [4.78, 5) is 32.6. The molecular weight excluding hydrogens is 563 g/mol. The second kappa shape index (κ2) is 12.4. The van der Waals surface area contributed by atoms with E-state index in [2.05, 4.69) is 21.0 Å². The third-order valence-corrected chi connectivity index (χ3v) is 7.93. The first-order valence-electron chi connectivity index (χ1n) is 14.3. The van der Waals surface area contributed by atoms with Gasteiger partial charge in [0.1, 0.15) is 23.5 Å². The minimum absolute atomic E-state index is 0.00964. The molecule has 5 aromatic rings. The Labute approximate surface area is 253 Å². The molecule has 12 heteroatoms. The molecule has 1 saturated heterocycles. The maximum absolute atomic E-state index is 14.0.